The van der Waals surface area contributed by atoms with Crippen LogP contribution in [-0.2, 0) is 13.8 Å². The average Bonchev–Trinajstić information content (AvgIpc) is 3.16. The number of carbonyl (C=O) groups is 1. The molecule has 0 amide bonds. The highest BCUT2D eigenvalue weighted by molar-refractivity contribution is 8.13. The second-order valence-electron chi connectivity index (χ2n) is 4.67. The lowest BCUT2D eigenvalue weighted by Gasteiger charge is -2.09. The molecule has 0 heterocycles. The Hall–Kier alpha value is -0.920. The lowest BCUT2D eigenvalue weighted by molar-refractivity contribution is 0.0494. The minimum atomic E-state index is -4.65. The van der Waals surface area contributed by atoms with E-state index in [1.807, 2.05) is 0 Å². The van der Waals surface area contributed by atoms with Gasteiger partial charge in [-0.05, 0) is 18.4 Å². The molecule has 0 N–H and O–H groups in total. The van der Waals surface area contributed by atoms with Crippen molar-refractivity contribution in [2.75, 3.05) is 6.61 Å². The lowest BCUT2D eigenvalue weighted by atomic mass is 10.2. The van der Waals surface area contributed by atoms with Crippen LogP contribution in [0.2, 0.25) is 5.02 Å². The van der Waals surface area contributed by atoms with Crippen molar-refractivity contribution >= 4 is 37.3 Å². The molecule has 1 aliphatic rings. The Labute approximate surface area is 129 Å². The third-order valence-corrected chi connectivity index (χ3v) is 4.87. The molecule has 0 aliphatic heterocycles. The van der Waals surface area contributed by atoms with Gasteiger partial charge < -0.3 is 4.74 Å². The zero-order chi connectivity index (χ0) is 15.8. The first-order valence-corrected chi connectivity index (χ1v) is 8.70. The van der Waals surface area contributed by atoms with Crippen LogP contribution in [0.25, 0.3) is 0 Å². The van der Waals surface area contributed by atoms with E-state index in [2.05, 4.69) is 0 Å². The lowest BCUT2D eigenvalue weighted by Crippen LogP contribution is -2.11. The minimum Gasteiger partial charge on any atom is -0.462 e. The smallest absolute Gasteiger partial charge is 0.339 e. The van der Waals surface area contributed by atoms with Gasteiger partial charge in [-0.3, -0.25) is 0 Å². The van der Waals surface area contributed by atoms with Crippen molar-refractivity contribution in [3.63, 3.8) is 0 Å². The maximum absolute atomic E-state index is 13.5. The van der Waals surface area contributed by atoms with Gasteiger partial charge in [0.25, 0.3) is 9.05 Å². The monoisotopic (exact) mass is 358 g/mol. The Morgan fingerprint density at radius 3 is 2.52 bits per heavy atom. The summed E-state index contributed by atoms with van der Waals surface area (Å²) in [6.07, 6.45) is 2.80. The van der Waals surface area contributed by atoms with E-state index in [0.29, 0.717) is 18.4 Å². The minimum absolute atomic E-state index is 0.0990. The summed E-state index contributed by atoms with van der Waals surface area (Å²) in [6.45, 7) is 0.0990. The van der Waals surface area contributed by atoms with Gasteiger partial charge in [0.15, 0.2) is 11.6 Å². The molecule has 1 aliphatic carbocycles. The number of halogens is 4. The summed E-state index contributed by atoms with van der Waals surface area (Å²) < 4.78 is 54.2. The number of benzene rings is 1. The van der Waals surface area contributed by atoms with E-state index >= 15 is 0 Å². The quantitative estimate of drug-likeness (QED) is 0.459. The summed E-state index contributed by atoms with van der Waals surface area (Å²) in [5.74, 6) is -3.80. The second kappa shape index (κ2) is 6.06. The largest absolute Gasteiger partial charge is 0.462 e. The van der Waals surface area contributed by atoms with E-state index in [1.165, 1.54) is 0 Å². The topological polar surface area (TPSA) is 60.4 Å². The molecule has 1 aromatic carbocycles. The van der Waals surface area contributed by atoms with Gasteiger partial charge in [-0.2, -0.15) is 0 Å². The third kappa shape index (κ3) is 3.84. The molecule has 0 bridgehead atoms. The number of ether oxygens (including phenoxy) is 1. The molecule has 9 heteroatoms. The molecule has 1 saturated carbocycles. The third-order valence-electron chi connectivity index (χ3n) is 3.04. The zero-order valence-electron chi connectivity index (χ0n) is 10.5. The molecule has 1 fully saturated rings. The van der Waals surface area contributed by atoms with Crippen molar-refractivity contribution in [1.29, 1.82) is 0 Å². The van der Waals surface area contributed by atoms with E-state index in [0.717, 1.165) is 12.8 Å². The zero-order valence-corrected chi connectivity index (χ0v) is 12.9. The molecule has 21 heavy (non-hydrogen) atoms. The van der Waals surface area contributed by atoms with Gasteiger partial charge in [-0.25, -0.2) is 22.0 Å². The molecule has 0 aromatic heterocycles. The molecule has 0 saturated heterocycles. The first kappa shape index (κ1) is 16.5. The maximum Gasteiger partial charge on any atom is 0.339 e. The van der Waals surface area contributed by atoms with Crippen LogP contribution < -0.4 is 0 Å². The summed E-state index contributed by atoms with van der Waals surface area (Å²) >= 11 is 5.65. The van der Waals surface area contributed by atoms with Crippen molar-refractivity contribution in [2.45, 2.75) is 24.2 Å². The summed E-state index contributed by atoms with van der Waals surface area (Å²) in [5.41, 5.74) is -0.578. The summed E-state index contributed by atoms with van der Waals surface area (Å²) in [5, 5.41) is -0.791. The van der Waals surface area contributed by atoms with Crippen LogP contribution in [-0.4, -0.2) is 21.0 Å². The SMILES string of the molecule is O=C(OCCC1CC1)c1cc(F)c(F)c(S(=O)(=O)Cl)c1Cl. The van der Waals surface area contributed by atoms with Gasteiger partial charge in [0.2, 0.25) is 0 Å². The molecular formula is C12H10Cl2F2O4S. The second-order valence-corrected chi connectivity index (χ2v) is 7.55. The van der Waals surface area contributed by atoms with Crippen LogP contribution in [0.1, 0.15) is 29.6 Å². The molecule has 0 spiro atoms. The summed E-state index contributed by atoms with van der Waals surface area (Å²) in [4.78, 5) is 10.5. The fourth-order valence-electron chi connectivity index (χ4n) is 1.75. The number of carbonyl (C=O) groups excluding carboxylic acids is 1. The molecule has 0 unspecified atom stereocenters. The van der Waals surface area contributed by atoms with Gasteiger partial charge in [-0.15, -0.1) is 0 Å². The van der Waals surface area contributed by atoms with Gasteiger partial charge in [0.05, 0.1) is 17.2 Å². The predicted octanol–water partition coefficient (Wildman–Crippen LogP) is 3.50. The van der Waals surface area contributed by atoms with E-state index in [9.17, 15) is 22.0 Å². The highest BCUT2D eigenvalue weighted by Crippen LogP contribution is 2.34. The number of hydrogen-bond acceptors (Lipinski definition) is 4. The van der Waals surface area contributed by atoms with Gasteiger partial charge >= 0.3 is 5.97 Å². The Balaban J connectivity index is 2.30. The first-order valence-electron chi connectivity index (χ1n) is 6.01. The predicted molar refractivity (Wildman–Crippen MR) is 72.0 cm³/mol. The molecular weight excluding hydrogens is 349 g/mol. The van der Waals surface area contributed by atoms with Crippen LogP contribution in [0.3, 0.4) is 0 Å². The van der Waals surface area contributed by atoms with Crippen molar-refractivity contribution in [2.24, 2.45) is 5.92 Å². The molecule has 0 radical (unpaired) electrons. The van der Waals surface area contributed by atoms with Gasteiger partial charge in [0, 0.05) is 10.7 Å². The Morgan fingerprint density at radius 1 is 1.38 bits per heavy atom. The first-order chi connectivity index (χ1) is 9.71. The molecule has 2 rings (SSSR count). The van der Waals surface area contributed by atoms with Crippen molar-refractivity contribution in [1.82, 2.24) is 0 Å². The van der Waals surface area contributed by atoms with Gasteiger partial charge in [-0.1, -0.05) is 24.4 Å². The van der Waals surface area contributed by atoms with Crippen LogP contribution in [0.15, 0.2) is 11.0 Å². The van der Waals surface area contributed by atoms with Gasteiger partial charge in [0.1, 0.15) is 4.90 Å². The van der Waals surface area contributed by atoms with Crippen molar-refractivity contribution in [3.8, 4) is 0 Å². The molecule has 4 nitrogen and oxygen atoms in total. The van der Waals surface area contributed by atoms with Crippen molar-refractivity contribution in [3.05, 3.63) is 28.3 Å². The highest BCUT2D eigenvalue weighted by Gasteiger charge is 2.29. The average molecular weight is 359 g/mol. The van der Waals surface area contributed by atoms with Crippen LogP contribution in [0.4, 0.5) is 8.78 Å². The van der Waals surface area contributed by atoms with Crippen LogP contribution in [0, 0.1) is 17.6 Å². The summed E-state index contributed by atoms with van der Waals surface area (Å²) in [7, 11) is 0.352. The highest BCUT2D eigenvalue weighted by atomic mass is 35.7. The normalized spacial score (nSPS) is 15.0. The fourth-order valence-corrected chi connectivity index (χ4v) is 3.45. The number of esters is 1. The maximum atomic E-state index is 13.5. The fraction of sp³-hybridized carbons (Fsp3) is 0.417. The summed E-state index contributed by atoms with van der Waals surface area (Å²) in [6, 6.07) is 0.489. The Morgan fingerprint density at radius 2 is 2.00 bits per heavy atom. The van der Waals surface area contributed by atoms with Crippen molar-refractivity contribution < 1.29 is 26.7 Å². The number of hydrogen-bond donors (Lipinski definition) is 0. The Kier molecular flexibility index (Phi) is 4.75. The standard InChI is InChI=1S/C12H10Cl2F2O4S/c13-9-7(12(17)20-4-3-6-1-2-6)5-8(15)10(16)11(9)21(14,18)19/h5-6H,1-4H2. The van der Waals surface area contributed by atoms with E-state index in [-0.39, 0.29) is 6.61 Å². The number of rotatable bonds is 5. The van der Waals surface area contributed by atoms with Crippen LogP contribution in [0.5, 0.6) is 0 Å². The Bertz CT molecular complexity index is 687. The van der Waals surface area contributed by atoms with Crippen LogP contribution >= 0.6 is 22.3 Å². The molecule has 1 aromatic rings. The molecule has 0 atom stereocenters. The van der Waals surface area contributed by atoms with E-state index in [1.54, 1.807) is 0 Å². The van der Waals surface area contributed by atoms with E-state index in [4.69, 9.17) is 27.0 Å². The molecule has 116 valence electrons. The van der Waals surface area contributed by atoms with E-state index < -0.39 is 42.1 Å².